The third-order valence-electron chi connectivity index (χ3n) is 4.18. The van der Waals surface area contributed by atoms with E-state index in [4.69, 9.17) is 0 Å². The monoisotopic (exact) mass is 232 g/mol. The molecule has 0 unspecified atom stereocenters. The Hall–Kier alpha value is -1.02. The van der Waals surface area contributed by atoms with Crippen molar-refractivity contribution in [1.82, 2.24) is 5.32 Å². The lowest BCUT2D eigenvalue weighted by Crippen LogP contribution is -2.60. The molecule has 1 aliphatic rings. The fourth-order valence-corrected chi connectivity index (χ4v) is 2.80. The number of hydrogen-bond donors (Lipinski definition) is 1. The summed E-state index contributed by atoms with van der Waals surface area (Å²) in [6, 6.07) is 8.71. The van der Waals surface area contributed by atoms with Crippen molar-refractivity contribution in [3.05, 3.63) is 29.8 Å². The van der Waals surface area contributed by atoms with Crippen LogP contribution in [0.25, 0.3) is 0 Å². The van der Waals surface area contributed by atoms with Crippen LogP contribution in [0, 0.1) is 6.92 Å². The summed E-state index contributed by atoms with van der Waals surface area (Å²) < 4.78 is 0. The van der Waals surface area contributed by atoms with Crippen molar-refractivity contribution in [3.8, 4) is 0 Å². The Morgan fingerprint density at radius 2 is 1.94 bits per heavy atom. The molecule has 0 aliphatic carbocycles. The van der Waals surface area contributed by atoms with E-state index in [1.165, 1.54) is 24.1 Å². The van der Waals surface area contributed by atoms with Crippen LogP contribution in [0.1, 0.15) is 32.3 Å². The Morgan fingerprint density at radius 1 is 1.24 bits per heavy atom. The van der Waals surface area contributed by atoms with Crippen molar-refractivity contribution in [3.63, 3.8) is 0 Å². The van der Waals surface area contributed by atoms with E-state index < -0.39 is 0 Å². The predicted octanol–water partition coefficient (Wildman–Crippen LogP) is 2.96. The van der Waals surface area contributed by atoms with Gasteiger partial charge in [0.2, 0.25) is 0 Å². The first-order chi connectivity index (χ1) is 8.21. The maximum absolute atomic E-state index is 3.71. The van der Waals surface area contributed by atoms with Gasteiger partial charge in [-0.1, -0.05) is 32.0 Å². The second kappa shape index (κ2) is 5.09. The van der Waals surface area contributed by atoms with E-state index in [1.54, 1.807) is 0 Å². The molecule has 1 aromatic rings. The molecule has 0 amide bonds. The van der Waals surface area contributed by atoms with E-state index in [2.05, 4.69) is 55.3 Å². The maximum Gasteiger partial charge on any atom is 0.0396 e. The van der Waals surface area contributed by atoms with Crippen LogP contribution >= 0.6 is 0 Å². The molecule has 1 fully saturated rings. The third kappa shape index (κ3) is 2.47. The third-order valence-corrected chi connectivity index (χ3v) is 4.18. The summed E-state index contributed by atoms with van der Waals surface area (Å²) in [4.78, 5) is 2.54. The lowest BCUT2D eigenvalue weighted by Gasteiger charge is -2.44. The SMILES string of the molecule is CCC1(CC)CN(c2ccccc2C)CCN1. The van der Waals surface area contributed by atoms with E-state index in [0.717, 1.165) is 19.6 Å². The first-order valence-electron chi connectivity index (χ1n) is 6.76. The molecule has 17 heavy (non-hydrogen) atoms. The van der Waals surface area contributed by atoms with Crippen LogP contribution < -0.4 is 10.2 Å². The van der Waals surface area contributed by atoms with Gasteiger partial charge in [-0.25, -0.2) is 0 Å². The zero-order valence-corrected chi connectivity index (χ0v) is 11.3. The largest absolute Gasteiger partial charge is 0.368 e. The first kappa shape index (κ1) is 12.4. The number of anilines is 1. The highest BCUT2D eigenvalue weighted by molar-refractivity contribution is 5.53. The summed E-state index contributed by atoms with van der Waals surface area (Å²) in [5, 5.41) is 3.71. The molecule has 0 aromatic heterocycles. The summed E-state index contributed by atoms with van der Waals surface area (Å²) in [7, 11) is 0. The number of nitrogens with zero attached hydrogens (tertiary/aromatic N) is 1. The Morgan fingerprint density at radius 3 is 2.59 bits per heavy atom. The van der Waals surface area contributed by atoms with Crippen LogP contribution in [0.5, 0.6) is 0 Å². The van der Waals surface area contributed by atoms with Crippen LogP contribution in [-0.2, 0) is 0 Å². The minimum atomic E-state index is 0.306. The Kier molecular flexibility index (Phi) is 3.72. The normalized spacial score (nSPS) is 19.4. The molecule has 1 heterocycles. The number of aryl methyl sites for hydroxylation is 1. The topological polar surface area (TPSA) is 15.3 Å². The highest BCUT2D eigenvalue weighted by Gasteiger charge is 2.32. The van der Waals surface area contributed by atoms with Crippen LogP contribution in [-0.4, -0.2) is 25.2 Å². The van der Waals surface area contributed by atoms with E-state index in [0.29, 0.717) is 5.54 Å². The van der Waals surface area contributed by atoms with Gasteiger partial charge in [0, 0.05) is 30.9 Å². The quantitative estimate of drug-likeness (QED) is 0.862. The maximum atomic E-state index is 3.71. The fraction of sp³-hybridized carbons (Fsp3) is 0.600. The molecule has 0 atom stereocenters. The van der Waals surface area contributed by atoms with E-state index in [1.807, 2.05) is 0 Å². The Balaban J connectivity index is 2.20. The molecule has 2 rings (SSSR count). The molecule has 2 heteroatoms. The standard InChI is InChI=1S/C15H24N2/c1-4-15(5-2)12-17(11-10-16-15)14-9-7-6-8-13(14)3/h6-9,16H,4-5,10-12H2,1-3H3. The number of piperazine rings is 1. The molecule has 1 aliphatic heterocycles. The fourth-order valence-electron chi connectivity index (χ4n) is 2.80. The Labute approximate surface area is 105 Å². The lowest BCUT2D eigenvalue weighted by atomic mass is 9.90. The highest BCUT2D eigenvalue weighted by atomic mass is 15.2. The number of benzene rings is 1. The lowest BCUT2D eigenvalue weighted by molar-refractivity contribution is 0.277. The molecule has 0 bridgehead atoms. The van der Waals surface area contributed by atoms with Gasteiger partial charge in [0.25, 0.3) is 0 Å². The van der Waals surface area contributed by atoms with Gasteiger partial charge >= 0.3 is 0 Å². The van der Waals surface area contributed by atoms with Crippen LogP contribution in [0.3, 0.4) is 0 Å². The van der Waals surface area contributed by atoms with Crippen LogP contribution in [0.15, 0.2) is 24.3 Å². The molecule has 94 valence electrons. The second-order valence-corrected chi connectivity index (χ2v) is 5.12. The molecular formula is C15H24N2. The van der Waals surface area contributed by atoms with Crippen LogP contribution in [0.2, 0.25) is 0 Å². The summed E-state index contributed by atoms with van der Waals surface area (Å²) in [6.45, 7) is 10.1. The van der Waals surface area contributed by atoms with Gasteiger partial charge in [0.15, 0.2) is 0 Å². The summed E-state index contributed by atoms with van der Waals surface area (Å²) in [6.07, 6.45) is 2.40. The summed E-state index contributed by atoms with van der Waals surface area (Å²) in [5.41, 5.74) is 3.09. The van der Waals surface area contributed by atoms with Crippen molar-refractivity contribution >= 4 is 5.69 Å². The van der Waals surface area contributed by atoms with Gasteiger partial charge in [-0.05, 0) is 31.4 Å². The zero-order valence-electron chi connectivity index (χ0n) is 11.3. The van der Waals surface area contributed by atoms with Gasteiger partial charge in [0.05, 0.1) is 0 Å². The molecule has 0 radical (unpaired) electrons. The number of para-hydroxylation sites is 1. The minimum absolute atomic E-state index is 0.306. The van der Waals surface area contributed by atoms with Crippen molar-refractivity contribution in [2.75, 3.05) is 24.5 Å². The zero-order chi connectivity index (χ0) is 12.3. The van der Waals surface area contributed by atoms with Gasteiger partial charge in [-0.15, -0.1) is 0 Å². The number of rotatable bonds is 3. The number of hydrogen-bond acceptors (Lipinski definition) is 2. The van der Waals surface area contributed by atoms with Crippen LogP contribution in [0.4, 0.5) is 5.69 Å². The van der Waals surface area contributed by atoms with Crippen molar-refractivity contribution < 1.29 is 0 Å². The van der Waals surface area contributed by atoms with Gasteiger partial charge < -0.3 is 10.2 Å². The van der Waals surface area contributed by atoms with Gasteiger partial charge in [0.1, 0.15) is 0 Å². The Bertz CT molecular complexity index is 369. The summed E-state index contributed by atoms with van der Waals surface area (Å²) in [5.74, 6) is 0. The molecule has 2 nitrogen and oxygen atoms in total. The molecular weight excluding hydrogens is 208 g/mol. The average Bonchev–Trinajstić information content (AvgIpc) is 2.39. The smallest absolute Gasteiger partial charge is 0.0396 e. The molecule has 0 spiro atoms. The average molecular weight is 232 g/mol. The number of nitrogens with one attached hydrogen (secondary N) is 1. The first-order valence-corrected chi connectivity index (χ1v) is 6.76. The van der Waals surface area contributed by atoms with E-state index in [9.17, 15) is 0 Å². The molecule has 1 saturated heterocycles. The molecule has 1 N–H and O–H groups in total. The minimum Gasteiger partial charge on any atom is -0.368 e. The van der Waals surface area contributed by atoms with Crippen molar-refractivity contribution in [2.45, 2.75) is 39.2 Å². The van der Waals surface area contributed by atoms with Crippen molar-refractivity contribution in [2.24, 2.45) is 0 Å². The summed E-state index contributed by atoms with van der Waals surface area (Å²) >= 11 is 0. The van der Waals surface area contributed by atoms with Crippen molar-refractivity contribution in [1.29, 1.82) is 0 Å². The molecule has 0 saturated carbocycles. The predicted molar refractivity (Wildman–Crippen MR) is 74.7 cm³/mol. The second-order valence-electron chi connectivity index (χ2n) is 5.12. The van der Waals surface area contributed by atoms with Gasteiger partial charge in [-0.2, -0.15) is 0 Å². The highest BCUT2D eigenvalue weighted by Crippen LogP contribution is 2.26. The van der Waals surface area contributed by atoms with E-state index >= 15 is 0 Å². The van der Waals surface area contributed by atoms with E-state index in [-0.39, 0.29) is 0 Å². The molecule has 1 aromatic carbocycles. The van der Waals surface area contributed by atoms with Gasteiger partial charge in [-0.3, -0.25) is 0 Å².